The van der Waals surface area contributed by atoms with Crippen LogP contribution < -0.4 is 11.3 Å². The average molecular weight is 272 g/mol. The molecular weight excluding hydrogens is 257 g/mol. The first kappa shape index (κ1) is 13.9. The number of fused-ring (bicyclic) bond motifs is 1. The number of hydrazine groups is 1. The highest BCUT2D eigenvalue weighted by atomic mass is 19.4. The summed E-state index contributed by atoms with van der Waals surface area (Å²) in [5.41, 5.74) is 4.00. The van der Waals surface area contributed by atoms with Crippen LogP contribution in [0.2, 0.25) is 0 Å². The Kier molecular flexibility index (Phi) is 3.82. The van der Waals surface area contributed by atoms with Crippen molar-refractivity contribution in [1.82, 2.24) is 5.43 Å². The average Bonchev–Trinajstić information content (AvgIpc) is 2.73. The van der Waals surface area contributed by atoms with E-state index < -0.39 is 18.6 Å². The molecule has 3 nitrogen and oxygen atoms in total. The SMILES string of the molecule is Cc1cccc2cc(C(CCC(F)(F)F)NN)oc12. The fourth-order valence-corrected chi connectivity index (χ4v) is 2.02. The van der Waals surface area contributed by atoms with Gasteiger partial charge in [0.05, 0.1) is 6.04 Å². The number of furan rings is 1. The Morgan fingerprint density at radius 1 is 1.37 bits per heavy atom. The first-order valence-electron chi connectivity index (χ1n) is 5.92. The van der Waals surface area contributed by atoms with E-state index in [1.807, 2.05) is 25.1 Å². The van der Waals surface area contributed by atoms with Crippen molar-refractivity contribution in [3.63, 3.8) is 0 Å². The minimum atomic E-state index is -4.20. The third kappa shape index (κ3) is 3.27. The van der Waals surface area contributed by atoms with E-state index in [1.165, 1.54) is 0 Å². The van der Waals surface area contributed by atoms with Crippen LogP contribution >= 0.6 is 0 Å². The molecule has 0 spiro atoms. The molecule has 0 saturated carbocycles. The highest BCUT2D eigenvalue weighted by Gasteiger charge is 2.29. The summed E-state index contributed by atoms with van der Waals surface area (Å²) >= 11 is 0. The third-order valence-corrected chi connectivity index (χ3v) is 3.02. The fraction of sp³-hybridized carbons (Fsp3) is 0.385. The Bertz CT molecular complexity index is 563. The number of halogens is 3. The smallest absolute Gasteiger partial charge is 0.389 e. The lowest BCUT2D eigenvalue weighted by atomic mass is 10.1. The highest BCUT2D eigenvalue weighted by Crippen LogP contribution is 2.31. The van der Waals surface area contributed by atoms with Gasteiger partial charge in [-0.2, -0.15) is 13.2 Å². The second-order valence-electron chi connectivity index (χ2n) is 4.52. The van der Waals surface area contributed by atoms with Crippen LogP contribution in [-0.2, 0) is 0 Å². The van der Waals surface area contributed by atoms with Crippen LogP contribution in [0.15, 0.2) is 28.7 Å². The summed E-state index contributed by atoms with van der Waals surface area (Å²) in [4.78, 5) is 0. The summed E-state index contributed by atoms with van der Waals surface area (Å²) < 4.78 is 42.3. The van der Waals surface area contributed by atoms with Crippen molar-refractivity contribution in [2.45, 2.75) is 32.0 Å². The van der Waals surface area contributed by atoms with Crippen LogP contribution in [0.1, 0.15) is 30.2 Å². The molecular formula is C13H15F3N2O. The maximum absolute atomic E-state index is 12.2. The van der Waals surface area contributed by atoms with Crippen LogP contribution in [0, 0.1) is 6.92 Å². The Labute approximate surface area is 108 Å². The number of benzene rings is 1. The maximum Gasteiger partial charge on any atom is 0.389 e. The molecule has 104 valence electrons. The third-order valence-electron chi connectivity index (χ3n) is 3.02. The zero-order valence-electron chi connectivity index (χ0n) is 10.4. The Balaban J connectivity index is 2.23. The number of para-hydroxylation sites is 1. The van der Waals surface area contributed by atoms with Crippen molar-refractivity contribution in [1.29, 1.82) is 0 Å². The van der Waals surface area contributed by atoms with Gasteiger partial charge in [-0.1, -0.05) is 18.2 Å². The monoisotopic (exact) mass is 272 g/mol. The molecule has 0 fully saturated rings. The van der Waals surface area contributed by atoms with Gasteiger partial charge in [-0.3, -0.25) is 5.84 Å². The Hall–Kier alpha value is -1.53. The molecule has 19 heavy (non-hydrogen) atoms. The van der Waals surface area contributed by atoms with E-state index in [1.54, 1.807) is 6.07 Å². The van der Waals surface area contributed by atoms with Gasteiger partial charge in [0, 0.05) is 11.8 Å². The molecule has 0 bridgehead atoms. The largest absolute Gasteiger partial charge is 0.459 e. The van der Waals surface area contributed by atoms with E-state index in [2.05, 4.69) is 5.43 Å². The molecule has 0 aliphatic carbocycles. The van der Waals surface area contributed by atoms with Crippen molar-refractivity contribution in [2.24, 2.45) is 5.84 Å². The minimum Gasteiger partial charge on any atom is -0.459 e. The predicted octanol–water partition coefficient (Wildman–Crippen LogP) is 3.59. The van der Waals surface area contributed by atoms with Gasteiger partial charge in [-0.05, 0) is 25.0 Å². The standard InChI is InChI=1S/C13H15F3N2O/c1-8-3-2-4-9-7-11(19-12(8)9)10(18-17)5-6-13(14,15)16/h2-4,7,10,18H,5-6,17H2,1H3. The second kappa shape index (κ2) is 5.22. The van der Waals surface area contributed by atoms with Crippen LogP contribution in [0.25, 0.3) is 11.0 Å². The molecule has 0 saturated heterocycles. The maximum atomic E-state index is 12.2. The summed E-state index contributed by atoms with van der Waals surface area (Å²) in [6.07, 6.45) is -5.26. The number of rotatable bonds is 4. The van der Waals surface area contributed by atoms with E-state index in [0.29, 0.717) is 11.3 Å². The van der Waals surface area contributed by atoms with Crippen molar-refractivity contribution < 1.29 is 17.6 Å². The number of alkyl halides is 3. The highest BCUT2D eigenvalue weighted by molar-refractivity contribution is 5.80. The van der Waals surface area contributed by atoms with Gasteiger partial charge >= 0.3 is 6.18 Å². The van der Waals surface area contributed by atoms with Crippen molar-refractivity contribution in [3.05, 3.63) is 35.6 Å². The number of aryl methyl sites for hydroxylation is 1. The van der Waals surface area contributed by atoms with Crippen LogP contribution in [0.5, 0.6) is 0 Å². The van der Waals surface area contributed by atoms with E-state index in [9.17, 15) is 13.2 Å². The first-order chi connectivity index (χ1) is 8.90. The van der Waals surface area contributed by atoms with Gasteiger partial charge in [0.2, 0.25) is 0 Å². The van der Waals surface area contributed by atoms with Gasteiger partial charge in [0.15, 0.2) is 0 Å². The molecule has 1 atom stereocenters. The van der Waals surface area contributed by atoms with Crippen LogP contribution in [-0.4, -0.2) is 6.18 Å². The normalized spacial score (nSPS) is 13.9. The summed E-state index contributed by atoms with van der Waals surface area (Å²) in [5, 5.41) is 0.863. The lowest BCUT2D eigenvalue weighted by Crippen LogP contribution is -2.28. The Morgan fingerprint density at radius 2 is 2.11 bits per heavy atom. The lowest BCUT2D eigenvalue weighted by molar-refractivity contribution is -0.136. The molecule has 1 aromatic heterocycles. The van der Waals surface area contributed by atoms with Gasteiger partial charge in [-0.15, -0.1) is 0 Å². The Morgan fingerprint density at radius 3 is 2.68 bits per heavy atom. The van der Waals surface area contributed by atoms with Crippen molar-refractivity contribution in [3.8, 4) is 0 Å². The van der Waals surface area contributed by atoms with E-state index in [-0.39, 0.29) is 6.42 Å². The van der Waals surface area contributed by atoms with E-state index in [4.69, 9.17) is 10.3 Å². The summed E-state index contributed by atoms with van der Waals surface area (Å²) in [6.45, 7) is 1.89. The van der Waals surface area contributed by atoms with E-state index >= 15 is 0 Å². The zero-order chi connectivity index (χ0) is 14.0. The minimum absolute atomic E-state index is 0.154. The first-order valence-corrected chi connectivity index (χ1v) is 5.92. The molecule has 0 radical (unpaired) electrons. The molecule has 2 aromatic rings. The fourth-order valence-electron chi connectivity index (χ4n) is 2.02. The predicted molar refractivity (Wildman–Crippen MR) is 66.3 cm³/mol. The van der Waals surface area contributed by atoms with Crippen molar-refractivity contribution >= 4 is 11.0 Å². The van der Waals surface area contributed by atoms with E-state index in [0.717, 1.165) is 10.9 Å². The summed E-state index contributed by atoms with van der Waals surface area (Å²) in [5.74, 6) is 5.74. The molecule has 6 heteroatoms. The lowest BCUT2D eigenvalue weighted by Gasteiger charge is -2.14. The molecule has 3 N–H and O–H groups in total. The molecule has 1 aromatic carbocycles. The van der Waals surface area contributed by atoms with Gasteiger partial charge in [0.1, 0.15) is 11.3 Å². The summed E-state index contributed by atoms with van der Waals surface area (Å²) in [7, 11) is 0. The van der Waals surface area contributed by atoms with Crippen LogP contribution in [0.3, 0.4) is 0 Å². The quantitative estimate of drug-likeness (QED) is 0.660. The number of hydrogen-bond donors (Lipinski definition) is 2. The van der Waals surface area contributed by atoms with Gasteiger partial charge in [0.25, 0.3) is 0 Å². The second-order valence-corrected chi connectivity index (χ2v) is 4.52. The van der Waals surface area contributed by atoms with Gasteiger partial charge < -0.3 is 4.42 Å². The number of nitrogens with one attached hydrogen (secondary N) is 1. The molecule has 0 aliphatic rings. The van der Waals surface area contributed by atoms with Crippen molar-refractivity contribution in [2.75, 3.05) is 0 Å². The number of nitrogens with two attached hydrogens (primary N) is 1. The van der Waals surface area contributed by atoms with Gasteiger partial charge in [-0.25, -0.2) is 5.43 Å². The molecule has 1 unspecified atom stereocenters. The molecule has 0 amide bonds. The topological polar surface area (TPSA) is 51.2 Å². The number of hydrogen-bond acceptors (Lipinski definition) is 3. The zero-order valence-corrected chi connectivity index (χ0v) is 10.4. The molecule has 0 aliphatic heterocycles. The van der Waals surface area contributed by atoms with Crippen LogP contribution in [0.4, 0.5) is 13.2 Å². The summed E-state index contributed by atoms with van der Waals surface area (Å²) in [6, 6.07) is 6.69. The molecule has 2 rings (SSSR count). The molecule has 1 heterocycles.